The fourth-order valence-corrected chi connectivity index (χ4v) is 5.26. The Morgan fingerprint density at radius 1 is 0.929 bits per heavy atom. The Morgan fingerprint density at radius 3 is 2.19 bits per heavy atom. The number of hydrogen-bond donors (Lipinski definition) is 3. The fraction of sp³-hybridized carbons (Fsp3) is 0.152. The highest BCUT2D eigenvalue weighted by Crippen LogP contribution is 2.38. The number of benzene rings is 3. The van der Waals surface area contributed by atoms with Crippen molar-refractivity contribution in [3.8, 4) is 11.4 Å². The van der Waals surface area contributed by atoms with Crippen LogP contribution in [0.5, 0.6) is 0 Å². The number of carbonyl (C=O) groups excluding carboxylic acids is 2. The monoisotopic (exact) mass is 560 g/mol. The molecule has 0 fully saturated rings. The van der Waals surface area contributed by atoms with Gasteiger partial charge in [-0.1, -0.05) is 61.5 Å². The minimum atomic E-state index is -1.79. The first-order chi connectivity index (χ1) is 20.4. The van der Waals surface area contributed by atoms with Gasteiger partial charge in [0.15, 0.2) is 5.60 Å². The van der Waals surface area contributed by atoms with Crippen molar-refractivity contribution in [2.75, 3.05) is 10.6 Å². The molecule has 0 radical (unpaired) electrons. The van der Waals surface area contributed by atoms with Crippen LogP contribution in [0.25, 0.3) is 22.3 Å². The van der Waals surface area contributed by atoms with E-state index in [1.807, 2.05) is 91.0 Å². The molecule has 1 atom stereocenters. The lowest BCUT2D eigenvalue weighted by atomic mass is 9.86. The third-order valence-corrected chi connectivity index (χ3v) is 7.48. The van der Waals surface area contributed by atoms with Gasteiger partial charge in [0, 0.05) is 27.9 Å². The first kappa shape index (κ1) is 26.9. The number of urea groups is 1. The number of amides is 2. The average Bonchev–Trinajstić information content (AvgIpc) is 3.37. The van der Waals surface area contributed by atoms with Crippen LogP contribution in [0.1, 0.15) is 30.0 Å². The van der Waals surface area contributed by atoms with Crippen LogP contribution in [0.15, 0.2) is 102 Å². The summed E-state index contributed by atoms with van der Waals surface area (Å²) in [6.07, 6.45) is 0.139. The molecule has 5 aromatic rings. The number of esters is 1. The maximum Gasteiger partial charge on any atom is 0.343 e. The van der Waals surface area contributed by atoms with Crippen molar-refractivity contribution in [3.05, 3.63) is 124 Å². The summed E-state index contributed by atoms with van der Waals surface area (Å²) >= 11 is 0. The standard InChI is InChI=1S/C20H16N2O4.C13H12N2O/c1-2-20(25)14-8-16-17-12(7-11-5-3-4-6-15(11)21-17)9-22(16)18(23)13(14)10-26-19(20)24;16-13(14-11-7-3-1-4-8-11)15-12-9-5-2-6-10-12/h3-8,25H,2,9-10H2,1H3;1-10H,(H2,14,15,16). The molecule has 4 heterocycles. The summed E-state index contributed by atoms with van der Waals surface area (Å²) in [5, 5.41) is 17.3. The number of para-hydroxylation sites is 3. The van der Waals surface area contributed by atoms with E-state index in [1.54, 1.807) is 17.6 Å². The Morgan fingerprint density at radius 2 is 1.55 bits per heavy atom. The molecule has 2 amide bonds. The number of aromatic nitrogens is 2. The summed E-state index contributed by atoms with van der Waals surface area (Å²) in [6.45, 7) is 2.01. The van der Waals surface area contributed by atoms with E-state index >= 15 is 0 Å². The number of ether oxygens (including phenoxy) is 1. The number of anilines is 2. The summed E-state index contributed by atoms with van der Waals surface area (Å²) in [7, 11) is 0. The van der Waals surface area contributed by atoms with Gasteiger partial charge in [0.1, 0.15) is 6.61 Å². The molecule has 9 heteroatoms. The Balaban J connectivity index is 0.000000170. The van der Waals surface area contributed by atoms with Crippen LogP contribution in [0.3, 0.4) is 0 Å². The quantitative estimate of drug-likeness (QED) is 0.249. The van der Waals surface area contributed by atoms with Crippen LogP contribution in [0, 0.1) is 0 Å². The van der Waals surface area contributed by atoms with Crippen LogP contribution in [-0.4, -0.2) is 26.7 Å². The van der Waals surface area contributed by atoms with Crippen molar-refractivity contribution in [1.82, 2.24) is 9.55 Å². The van der Waals surface area contributed by atoms with E-state index in [0.717, 1.165) is 33.5 Å². The molecule has 7 rings (SSSR count). The van der Waals surface area contributed by atoms with E-state index in [0.29, 0.717) is 23.4 Å². The van der Waals surface area contributed by atoms with Gasteiger partial charge in [-0.3, -0.25) is 4.79 Å². The Kier molecular flexibility index (Phi) is 7.02. The molecule has 9 nitrogen and oxygen atoms in total. The minimum Gasteiger partial charge on any atom is -0.458 e. The summed E-state index contributed by atoms with van der Waals surface area (Å²) < 4.78 is 6.72. The van der Waals surface area contributed by atoms with E-state index < -0.39 is 11.6 Å². The second-order valence-corrected chi connectivity index (χ2v) is 10.1. The molecule has 2 aromatic heterocycles. The van der Waals surface area contributed by atoms with Crippen molar-refractivity contribution < 1.29 is 19.4 Å². The molecule has 0 saturated heterocycles. The van der Waals surface area contributed by atoms with Gasteiger partial charge in [0.25, 0.3) is 5.56 Å². The first-order valence-corrected chi connectivity index (χ1v) is 13.6. The molecule has 0 aliphatic carbocycles. The van der Waals surface area contributed by atoms with Crippen LogP contribution < -0.4 is 16.2 Å². The maximum absolute atomic E-state index is 13.0. The zero-order chi connectivity index (χ0) is 29.3. The predicted molar refractivity (Wildman–Crippen MR) is 160 cm³/mol. The van der Waals surface area contributed by atoms with Crippen LogP contribution >= 0.6 is 0 Å². The van der Waals surface area contributed by atoms with Crippen molar-refractivity contribution in [2.24, 2.45) is 0 Å². The molecular formula is C33H28N4O5. The number of pyridine rings is 2. The highest BCUT2D eigenvalue weighted by molar-refractivity contribution is 5.99. The van der Waals surface area contributed by atoms with E-state index in [9.17, 15) is 19.5 Å². The zero-order valence-corrected chi connectivity index (χ0v) is 22.8. The van der Waals surface area contributed by atoms with E-state index in [2.05, 4.69) is 10.6 Å². The lowest BCUT2D eigenvalue weighted by Crippen LogP contribution is -2.44. The molecule has 42 heavy (non-hydrogen) atoms. The average molecular weight is 561 g/mol. The Hall–Kier alpha value is -5.28. The largest absolute Gasteiger partial charge is 0.458 e. The van der Waals surface area contributed by atoms with Crippen molar-refractivity contribution in [3.63, 3.8) is 0 Å². The third-order valence-electron chi connectivity index (χ3n) is 7.48. The third kappa shape index (κ3) is 4.90. The van der Waals surface area contributed by atoms with Gasteiger partial charge in [-0.05, 0) is 48.9 Å². The summed E-state index contributed by atoms with van der Waals surface area (Å²) in [6, 6.07) is 30.0. The smallest absolute Gasteiger partial charge is 0.343 e. The van der Waals surface area contributed by atoms with Gasteiger partial charge in [0.05, 0.1) is 29.0 Å². The van der Waals surface area contributed by atoms with E-state index in [1.165, 1.54) is 0 Å². The molecule has 2 aliphatic heterocycles. The van der Waals surface area contributed by atoms with Gasteiger partial charge in [0.2, 0.25) is 0 Å². The Bertz CT molecular complexity index is 1830. The van der Waals surface area contributed by atoms with Gasteiger partial charge in [-0.25, -0.2) is 14.6 Å². The summed E-state index contributed by atoms with van der Waals surface area (Å²) in [5.41, 5.74) is 3.36. The van der Waals surface area contributed by atoms with Crippen molar-refractivity contribution in [1.29, 1.82) is 0 Å². The number of aliphatic hydroxyl groups is 1. The number of fused-ring (bicyclic) bond motifs is 5. The number of rotatable bonds is 3. The van der Waals surface area contributed by atoms with Gasteiger partial charge >= 0.3 is 12.0 Å². The fourth-order valence-electron chi connectivity index (χ4n) is 5.26. The molecule has 3 aromatic carbocycles. The van der Waals surface area contributed by atoms with Gasteiger partial charge in [-0.2, -0.15) is 0 Å². The van der Waals surface area contributed by atoms with Crippen molar-refractivity contribution >= 4 is 34.3 Å². The first-order valence-electron chi connectivity index (χ1n) is 13.6. The number of nitrogens with one attached hydrogen (secondary N) is 2. The summed E-state index contributed by atoms with van der Waals surface area (Å²) in [5.74, 6) is -0.707. The highest BCUT2D eigenvalue weighted by Gasteiger charge is 2.45. The topological polar surface area (TPSA) is 123 Å². The second-order valence-electron chi connectivity index (χ2n) is 10.1. The maximum atomic E-state index is 13.0. The predicted octanol–water partition coefficient (Wildman–Crippen LogP) is 5.41. The van der Waals surface area contributed by atoms with Crippen molar-refractivity contribution in [2.45, 2.75) is 32.1 Å². The molecule has 0 saturated carbocycles. The van der Waals surface area contributed by atoms with Crippen LogP contribution in [0.2, 0.25) is 0 Å². The molecular weight excluding hydrogens is 532 g/mol. The number of carbonyl (C=O) groups is 2. The van der Waals surface area contributed by atoms with Crippen LogP contribution in [-0.2, 0) is 28.3 Å². The minimum absolute atomic E-state index is 0.110. The molecule has 0 bridgehead atoms. The molecule has 210 valence electrons. The molecule has 0 spiro atoms. The van der Waals surface area contributed by atoms with Gasteiger partial charge in [-0.15, -0.1) is 0 Å². The van der Waals surface area contributed by atoms with E-state index in [-0.39, 0.29) is 24.6 Å². The highest BCUT2D eigenvalue weighted by atomic mass is 16.6. The van der Waals surface area contributed by atoms with Crippen LogP contribution in [0.4, 0.5) is 16.2 Å². The van der Waals surface area contributed by atoms with Gasteiger partial charge < -0.3 is 25.0 Å². The number of cyclic esters (lactones) is 1. The normalized spacial score (nSPS) is 16.3. The number of hydrogen-bond acceptors (Lipinski definition) is 6. The molecule has 2 aliphatic rings. The Labute approximate surface area is 241 Å². The second kappa shape index (κ2) is 10.9. The lowest BCUT2D eigenvalue weighted by Gasteiger charge is -2.31. The molecule has 1 unspecified atom stereocenters. The summed E-state index contributed by atoms with van der Waals surface area (Å²) in [4.78, 5) is 41.4. The lowest BCUT2D eigenvalue weighted by molar-refractivity contribution is -0.172. The SMILES string of the molecule is CCC1(O)C(=O)OCc2c1cc1n(c2=O)Cc2cc3ccccc3nc2-1.O=C(Nc1ccccc1)Nc1ccccc1. The zero-order valence-electron chi connectivity index (χ0n) is 22.8. The van der Waals surface area contributed by atoms with E-state index in [4.69, 9.17) is 9.72 Å². The number of nitrogens with zero attached hydrogens (tertiary/aromatic N) is 2. The molecule has 3 N–H and O–H groups in total.